The summed E-state index contributed by atoms with van der Waals surface area (Å²) in [6.45, 7) is 0. The Morgan fingerprint density at radius 3 is 2.79 bits per heavy atom. The van der Waals surface area contributed by atoms with Gasteiger partial charge in [-0.2, -0.15) is 14.6 Å². The van der Waals surface area contributed by atoms with Gasteiger partial charge in [0.15, 0.2) is 0 Å². The van der Waals surface area contributed by atoms with Gasteiger partial charge in [0.25, 0.3) is 11.1 Å². The van der Waals surface area contributed by atoms with Crippen LogP contribution in [-0.2, 0) is 14.6 Å². The smallest absolute Gasteiger partial charge is 0.268 e. The number of carbonyl (C=O) groups excluding carboxylic acids is 1. The standard InChI is InChI=1S/C17H12ClN5O3S2/c1-28(25,26)17-21-16(27-22-17)20-15(24)11(10-19)8-13-6-3-7-23(13)14-5-2-4-12(18)9-14/h2-9H,1H3,(H,20,21,22,24)/b11-8-. The number of amides is 1. The van der Waals surface area contributed by atoms with Gasteiger partial charge in [-0.1, -0.05) is 17.7 Å². The number of hydrogen-bond donors (Lipinski definition) is 1. The minimum Gasteiger partial charge on any atom is -0.317 e. The summed E-state index contributed by atoms with van der Waals surface area (Å²) in [4.78, 5) is 16.1. The minimum absolute atomic E-state index is 0.0169. The molecule has 0 aliphatic heterocycles. The SMILES string of the molecule is CS(=O)(=O)c1nsc(NC(=O)/C(C#N)=C\c2cccn2-c2cccc(Cl)c2)n1. The molecule has 0 spiro atoms. The fourth-order valence-electron chi connectivity index (χ4n) is 2.25. The third-order valence-corrected chi connectivity index (χ3v) is 5.31. The zero-order valence-electron chi connectivity index (χ0n) is 14.3. The summed E-state index contributed by atoms with van der Waals surface area (Å²) >= 11 is 6.74. The molecule has 0 aliphatic rings. The van der Waals surface area contributed by atoms with Crippen molar-refractivity contribution in [1.82, 2.24) is 13.9 Å². The second-order valence-electron chi connectivity index (χ2n) is 5.56. The maximum atomic E-state index is 12.4. The van der Waals surface area contributed by atoms with Crippen molar-refractivity contribution in [3.05, 3.63) is 58.9 Å². The van der Waals surface area contributed by atoms with Crippen LogP contribution in [0.1, 0.15) is 5.69 Å². The molecule has 28 heavy (non-hydrogen) atoms. The Labute approximate surface area is 169 Å². The van der Waals surface area contributed by atoms with E-state index in [1.54, 1.807) is 41.1 Å². The fraction of sp³-hybridized carbons (Fsp3) is 0.0588. The van der Waals surface area contributed by atoms with Crippen LogP contribution in [0.25, 0.3) is 11.8 Å². The van der Waals surface area contributed by atoms with Gasteiger partial charge < -0.3 is 4.57 Å². The lowest BCUT2D eigenvalue weighted by Crippen LogP contribution is -2.13. The van der Waals surface area contributed by atoms with Gasteiger partial charge in [-0.25, -0.2) is 8.42 Å². The first-order valence-corrected chi connectivity index (χ1v) is 10.7. The molecule has 1 aromatic carbocycles. The highest BCUT2D eigenvalue weighted by atomic mass is 35.5. The molecule has 142 valence electrons. The Morgan fingerprint density at radius 2 is 2.14 bits per heavy atom. The van der Waals surface area contributed by atoms with E-state index in [2.05, 4.69) is 14.7 Å². The normalized spacial score (nSPS) is 11.8. The minimum atomic E-state index is -3.58. The van der Waals surface area contributed by atoms with Gasteiger partial charge in [0, 0.05) is 40.4 Å². The molecule has 3 aromatic rings. The van der Waals surface area contributed by atoms with Crippen LogP contribution in [0.2, 0.25) is 5.02 Å². The summed E-state index contributed by atoms with van der Waals surface area (Å²) in [6, 6.07) is 12.5. The number of nitrogens with zero attached hydrogens (tertiary/aromatic N) is 4. The van der Waals surface area contributed by atoms with Gasteiger partial charge in [0.1, 0.15) is 11.6 Å². The maximum absolute atomic E-state index is 12.4. The third kappa shape index (κ3) is 4.45. The van der Waals surface area contributed by atoms with E-state index < -0.39 is 15.7 Å². The molecule has 0 saturated carbocycles. The van der Waals surface area contributed by atoms with E-state index in [1.165, 1.54) is 6.08 Å². The van der Waals surface area contributed by atoms with Crippen molar-refractivity contribution in [3.63, 3.8) is 0 Å². The van der Waals surface area contributed by atoms with Gasteiger partial charge in [0.05, 0.1) is 0 Å². The molecule has 8 nitrogen and oxygen atoms in total. The molecule has 0 saturated heterocycles. The quantitative estimate of drug-likeness (QED) is 0.488. The van der Waals surface area contributed by atoms with Crippen molar-refractivity contribution in [2.75, 3.05) is 11.6 Å². The van der Waals surface area contributed by atoms with Crippen LogP contribution in [0, 0.1) is 11.3 Å². The van der Waals surface area contributed by atoms with Crippen LogP contribution < -0.4 is 5.32 Å². The monoisotopic (exact) mass is 433 g/mol. The lowest BCUT2D eigenvalue weighted by molar-refractivity contribution is -0.112. The zero-order chi connectivity index (χ0) is 20.3. The molecule has 0 unspecified atom stereocenters. The number of halogens is 1. The number of anilines is 1. The number of aromatic nitrogens is 3. The predicted octanol–water partition coefficient (Wildman–Crippen LogP) is 2.93. The van der Waals surface area contributed by atoms with Crippen molar-refractivity contribution in [1.29, 1.82) is 5.26 Å². The molecule has 1 amide bonds. The molecule has 0 atom stereocenters. The number of nitriles is 1. The van der Waals surface area contributed by atoms with Crippen LogP contribution in [0.5, 0.6) is 0 Å². The summed E-state index contributed by atoms with van der Waals surface area (Å²) in [7, 11) is -3.58. The van der Waals surface area contributed by atoms with Crippen molar-refractivity contribution in [2.24, 2.45) is 0 Å². The van der Waals surface area contributed by atoms with Gasteiger partial charge in [-0.3, -0.25) is 10.1 Å². The Hall–Kier alpha value is -3.00. The molecule has 0 aliphatic carbocycles. The topological polar surface area (TPSA) is 118 Å². The number of nitrogens with one attached hydrogen (secondary N) is 1. The van der Waals surface area contributed by atoms with Crippen LogP contribution in [0.3, 0.4) is 0 Å². The number of carbonyl (C=O) groups is 1. The Balaban J connectivity index is 1.87. The van der Waals surface area contributed by atoms with E-state index in [9.17, 15) is 18.5 Å². The number of hydrogen-bond acceptors (Lipinski definition) is 7. The van der Waals surface area contributed by atoms with Crippen LogP contribution in [-0.4, -0.2) is 34.5 Å². The van der Waals surface area contributed by atoms with Gasteiger partial charge in [0.2, 0.25) is 15.0 Å². The van der Waals surface area contributed by atoms with E-state index in [-0.39, 0.29) is 15.9 Å². The molecule has 11 heteroatoms. The first-order valence-electron chi connectivity index (χ1n) is 7.68. The molecule has 1 N–H and O–H groups in total. The molecular weight excluding hydrogens is 422 g/mol. The molecule has 2 aromatic heterocycles. The molecule has 0 fully saturated rings. The van der Waals surface area contributed by atoms with Gasteiger partial charge in [-0.15, -0.1) is 0 Å². The molecule has 0 bridgehead atoms. The van der Waals surface area contributed by atoms with E-state index in [4.69, 9.17) is 11.6 Å². The zero-order valence-corrected chi connectivity index (χ0v) is 16.7. The summed E-state index contributed by atoms with van der Waals surface area (Å²) < 4.78 is 28.3. The first kappa shape index (κ1) is 19.8. The highest BCUT2D eigenvalue weighted by Gasteiger charge is 2.18. The van der Waals surface area contributed by atoms with E-state index in [0.29, 0.717) is 22.2 Å². The summed E-state index contributed by atoms with van der Waals surface area (Å²) in [5, 5.41) is 11.9. The fourth-order valence-corrected chi connectivity index (χ4v) is 3.87. The molecular formula is C17H12ClN5O3S2. The lowest BCUT2D eigenvalue weighted by atomic mass is 10.2. The van der Waals surface area contributed by atoms with Gasteiger partial charge >= 0.3 is 0 Å². The Morgan fingerprint density at radius 1 is 1.36 bits per heavy atom. The van der Waals surface area contributed by atoms with Crippen molar-refractivity contribution < 1.29 is 13.2 Å². The van der Waals surface area contributed by atoms with E-state index in [1.807, 2.05) is 12.1 Å². The summed E-state index contributed by atoms with van der Waals surface area (Å²) in [6.07, 6.45) is 4.15. The lowest BCUT2D eigenvalue weighted by Gasteiger charge is -2.07. The van der Waals surface area contributed by atoms with Crippen LogP contribution >= 0.6 is 23.1 Å². The highest BCUT2D eigenvalue weighted by Crippen LogP contribution is 2.20. The second-order valence-corrected chi connectivity index (χ2v) is 8.66. The van der Waals surface area contributed by atoms with E-state index in [0.717, 1.165) is 11.9 Å². The number of sulfone groups is 1. The van der Waals surface area contributed by atoms with Crippen LogP contribution in [0.4, 0.5) is 5.13 Å². The highest BCUT2D eigenvalue weighted by molar-refractivity contribution is 7.90. The Bertz CT molecular complexity index is 1220. The molecule has 2 heterocycles. The summed E-state index contributed by atoms with van der Waals surface area (Å²) in [5.74, 6) is -0.724. The first-order chi connectivity index (χ1) is 13.3. The van der Waals surface area contributed by atoms with Gasteiger partial charge in [-0.05, 0) is 36.4 Å². The number of benzene rings is 1. The average Bonchev–Trinajstić information content (AvgIpc) is 3.28. The molecule has 3 rings (SSSR count). The largest absolute Gasteiger partial charge is 0.317 e. The predicted molar refractivity (Wildman–Crippen MR) is 106 cm³/mol. The summed E-state index contributed by atoms with van der Waals surface area (Å²) in [5.41, 5.74) is 1.17. The van der Waals surface area contributed by atoms with E-state index >= 15 is 0 Å². The third-order valence-electron chi connectivity index (χ3n) is 3.48. The van der Waals surface area contributed by atoms with Crippen molar-refractivity contribution in [3.8, 4) is 11.8 Å². The van der Waals surface area contributed by atoms with Crippen molar-refractivity contribution in [2.45, 2.75) is 5.16 Å². The van der Waals surface area contributed by atoms with Crippen molar-refractivity contribution >= 4 is 50.1 Å². The average molecular weight is 434 g/mol. The maximum Gasteiger partial charge on any atom is 0.268 e. The second kappa shape index (κ2) is 7.93. The van der Waals surface area contributed by atoms with Crippen LogP contribution in [0.15, 0.2) is 53.3 Å². The molecule has 0 radical (unpaired) electrons. The number of rotatable bonds is 5. The Kier molecular flexibility index (Phi) is 5.60.